The first-order valence-electron chi connectivity index (χ1n) is 4.18. The molecule has 1 aromatic rings. The quantitative estimate of drug-likeness (QED) is 0.747. The summed E-state index contributed by atoms with van der Waals surface area (Å²) in [4.78, 5) is 25.1. The van der Waals surface area contributed by atoms with Crippen molar-refractivity contribution in [2.75, 3.05) is 11.2 Å². The SMILES string of the molecule is O=C(CCCCl)Nc1ncc(C(=O)O)o1. The average Bonchev–Trinajstić information content (AvgIpc) is 2.63. The summed E-state index contributed by atoms with van der Waals surface area (Å²) >= 11 is 5.40. The first kappa shape index (κ1) is 11.5. The summed E-state index contributed by atoms with van der Waals surface area (Å²) in [6.45, 7) is 0. The zero-order chi connectivity index (χ0) is 11.3. The van der Waals surface area contributed by atoms with Crippen molar-refractivity contribution in [2.45, 2.75) is 12.8 Å². The molecular weight excluding hydrogens is 224 g/mol. The molecule has 2 N–H and O–H groups in total. The van der Waals surface area contributed by atoms with Crippen LogP contribution in [0.25, 0.3) is 0 Å². The van der Waals surface area contributed by atoms with E-state index in [2.05, 4.69) is 10.3 Å². The topological polar surface area (TPSA) is 92.4 Å². The Morgan fingerprint density at radius 3 is 2.87 bits per heavy atom. The van der Waals surface area contributed by atoms with Gasteiger partial charge in [-0.2, -0.15) is 0 Å². The van der Waals surface area contributed by atoms with Gasteiger partial charge in [0.15, 0.2) is 0 Å². The molecule has 0 unspecified atom stereocenters. The van der Waals surface area contributed by atoms with Gasteiger partial charge in [-0.3, -0.25) is 10.1 Å². The molecule has 0 fully saturated rings. The summed E-state index contributed by atoms with van der Waals surface area (Å²) in [5.74, 6) is -1.47. The second-order valence-corrected chi connectivity index (χ2v) is 3.05. The van der Waals surface area contributed by atoms with Crippen molar-refractivity contribution in [1.82, 2.24) is 4.98 Å². The normalized spacial score (nSPS) is 9.93. The van der Waals surface area contributed by atoms with Crippen LogP contribution in [0.2, 0.25) is 0 Å². The van der Waals surface area contributed by atoms with Crippen molar-refractivity contribution in [3.63, 3.8) is 0 Å². The molecule has 0 aliphatic carbocycles. The molecule has 0 aromatic carbocycles. The predicted octanol–water partition coefficient (Wildman–Crippen LogP) is 1.33. The van der Waals surface area contributed by atoms with E-state index in [1.165, 1.54) is 0 Å². The third-order valence-corrected chi connectivity index (χ3v) is 1.77. The minimum atomic E-state index is -1.23. The zero-order valence-electron chi connectivity index (χ0n) is 7.70. The number of carboxylic acid groups (broad SMARTS) is 1. The highest BCUT2D eigenvalue weighted by atomic mass is 35.5. The first-order valence-corrected chi connectivity index (χ1v) is 4.72. The van der Waals surface area contributed by atoms with Crippen molar-refractivity contribution in [3.05, 3.63) is 12.0 Å². The van der Waals surface area contributed by atoms with Gasteiger partial charge in [0.2, 0.25) is 11.7 Å². The number of anilines is 1. The van der Waals surface area contributed by atoms with Crippen molar-refractivity contribution in [1.29, 1.82) is 0 Å². The van der Waals surface area contributed by atoms with E-state index in [1.54, 1.807) is 0 Å². The van der Waals surface area contributed by atoms with Gasteiger partial charge in [0.1, 0.15) is 0 Å². The van der Waals surface area contributed by atoms with Gasteiger partial charge >= 0.3 is 12.0 Å². The largest absolute Gasteiger partial charge is 0.475 e. The first-order chi connectivity index (χ1) is 7.13. The highest BCUT2D eigenvalue weighted by Gasteiger charge is 2.12. The second-order valence-electron chi connectivity index (χ2n) is 2.68. The second kappa shape index (κ2) is 5.35. The number of hydrogen-bond acceptors (Lipinski definition) is 4. The number of carbonyl (C=O) groups is 2. The van der Waals surface area contributed by atoms with Crippen LogP contribution < -0.4 is 5.32 Å². The van der Waals surface area contributed by atoms with Gasteiger partial charge in [0, 0.05) is 12.3 Å². The van der Waals surface area contributed by atoms with Crippen LogP contribution in [-0.2, 0) is 4.79 Å². The van der Waals surface area contributed by atoms with Gasteiger partial charge in [0.25, 0.3) is 0 Å². The van der Waals surface area contributed by atoms with Gasteiger partial charge in [-0.25, -0.2) is 9.78 Å². The Morgan fingerprint density at radius 2 is 2.33 bits per heavy atom. The lowest BCUT2D eigenvalue weighted by molar-refractivity contribution is -0.116. The van der Waals surface area contributed by atoms with E-state index in [4.69, 9.17) is 21.1 Å². The van der Waals surface area contributed by atoms with Crippen molar-refractivity contribution in [3.8, 4) is 0 Å². The number of nitrogens with zero attached hydrogens (tertiary/aromatic N) is 1. The Hall–Kier alpha value is -1.56. The van der Waals surface area contributed by atoms with Gasteiger partial charge in [-0.05, 0) is 6.42 Å². The fourth-order valence-electron chi connectivity index (χ4n) is 0.840. The molecule has 0 aliphatic rings. The Bertz CT molecular complexity index is 363. The van der Waals surface area contributed by atoms with E-state index in [0.717, 1.165) is 6.20 Å². The minimum absolute atomic E-state index is 0.119. The number of oxazole rings is 1. The third kappa shape index (κ3) is 3.59. The van der Waals surface area contributed by atoms with Crippen molar-refractivity contribution < 1.29 is 19.1 Å². The Balaban J connectivity index is 2.50. The third-order valence-electron chi connectivity index (χ3n) is 1.50. The van der Waals surface area contributed by atoms with E-state index in [-0.39, 0.29) is 24.1 Å². The molecule has 0 atom stereocenters. The molecule has 0 saturated heterocycles. The summed E-state index contributed by atoms with van der Waals surface area (Å²) in [7, 11) is 0. The summed E-state index contributed by atoms with van der Waals surface area (Å²) < 4.78 is 4.72. The van der Waals surface area contributed by atoms with Gasteiger partial charge < -0.3 is 9.52 Å². The lowest BCUT2D eigenvalue weighted by atomic mass is 10.3. The molecule has 0 saturated carbocycles. The van der Waals surface area contributed by atoms with Crippen LogP contribution in [0.3, 0.4) is 0 Å². The molecule has 0 bridgehead atoms. The fourth-order valence-corrected chi connectivity index (χ4v) is 0.974. The van der Waals surface area contributed by atoms with Crippen LogP contribution in [-0.4, -0.2) is 27.8 Å². The van der Waals surface area contributed by atoms with E-state index in [0.29, 0.717) is 12.3 Å². The van der Waals surface area contributed by atoms with Crippen LogP contribution >= 0.6 is 11.6 Å². The monoisotopic (exact) mass is 232 g/mol. The molecule has 1 amide bonds. The summed E-state index contributed by atoms with van der Waals surface area (Å²) in [6.07, 6.45) is 1.81. The fraction of sp³-hybridized carbons (Fsp3) is 0.375. The molecule has 1 heterocycles. The molecule has 0 aliphatic heterocycles. The smallest absolute Gasteiger partial charge is 0.373 e. The van der Waals surface area contributed by atoms with Crippen LogP contribution in [0.15, 0.2) is 10.6 Å². The number of alkyl halides is 1. The summed E-state index contributed by atoms with van der Waals surface area (Å²) in [5, 5.41) is 10.8. The number of amides is 1. The maximum atomic E-state index is 11.1. The average molecular weight is 233 g/mol. The molecule has 82 valence electrons. The molecule has 15 heavy (non-hydrogen) atoms. The maximum Gasteiger partial charge on any atom is 0.373 e. The standard InChI is InChI=1S/C8H9ClN2O4/c9-3-1-2-6(12)11-8-10-4-5(15-8)7(13)14/h4H,1-3H2,(H,13,14)(H,10,11,12). The Labute approximate surface area is 90.2 Å². The van der Waals surface area contributed by atoms with Gasteiger partial charge in [0.05, 0.1) is 6.20 Å². The number of carboxylic acids is 1. The zero-order valence-corrected chi connectivity index (χ0v) is 8.45. The molecule has 0 spiro atoms. The van der Waals surface area contributed by atoms with Crippen molar-refractivity contribution in [2.24, 2.45) is 0 Å². The van der Waals surface area contributed by atoms with Gasteiger partial charge in [-0.1, -0.05) is 0 Å². The Morgan fingerprint density at radius 1 is 1.60 bits per heavy atom. The van der Waals surface area contributed by atoms with E-state index in [9.17, 15) is 9.59 Å². The highest BCUT2D eigenvalue weighted by molar-refractivity contribution is 6.18. The molecule has 1 aromatic heterocycles. The lowest BCUT2D eigenvalue weighted by Gasteiger charge is -1.97. The van der Waals surface area contributed by atoms with E-state index >= 15 is 0 Å². The molecule has 7 heteroatoms. The number of rotatable bonds is 5. The maximum absolute atomic E-state index is 11.1. The number of aromatic nitrogens is 1. The van der Waals surface area contributed by atoms with Gasteiger partial charge in [-0.15, -0.1) is 11.6 Å². The predicted molar refractivity (Wildman–Crippen MR) is 52.0 cm³/mol. The number of aromatic carboxylic acids is 1. The lowest BCUT2D eigenvalue weighted by Crippen LogP contribution is -2.11. The summed E-state index contributed by atoms with van der Waals surface area (Å²) in [5.41, 5.74) is 0. The molecular formula is C8H9ClN2O4. The van der Waals surface area contributed by atoms with Crippen LogP contribution in [0.5, 0.6) is 0 Å². The number of halogens is 1. The molecule has 6 nitrogen and oxygen atoms in total. The number of carbonyl (C=O) groups excluding carboxylic acids is 1. The Kier molecular flexibility index (Phi) is 4.11. The number of nitrogens with one attached hydrogen (secondary N) is 1. The molecule has 0 radical (unpaired) electrons. The van der Waals surface area contributed by atoms with Crippen LogP contribution in [0.4, 0.5) is 6.01 Å². The minimum Gasteiger partial charge on any atom is -0.475 e. The van der Waals surface area contributed by atoms with E-state index in [1.807, 2.05) is 0 Å². The van der Waals surface area contributed by atoms with Crippen LogP contribution in [0.1, 0.15) is 23.4 Å². The number of hydrogen-bond donors (Lipinski definition) is 2. The highest BCUT2D eigenvalue weighted by Crippen LogP contribution is 2.09. The summed E-state index contributed by atoms with van der Waals surface area (Å²) in [6, 6.07) is -0.119. The van der Waals surface area contributed by atoms with Crippen LogP contribution in [0, 0.1) is 0 Å². The molecule has 1 rings (SSSR count). The van der Waals surface area contributed by atoms with E-state index < -0.39 is 5.97 Å². The van der Waals surface area contributed by atoms with Crippen molar-refractivity contribution >= 4 is 29.5 Å².